The molecule has 7 heteroatoms. The number of hydrogen-bond donors (Lipinski definition) is 2. The predicted octanol–water partition coefficient (Wildman–Crippen LogP) is 4.66. The molecule has 0 fully saturated rings. The summed E-state index contributed by atoms with van der Waals surface area (Å²) in [6.07, 6.45) is 0.199. The molecule has 174 valence electrons. The van der Waals surface area contributed by atoms with Crippen molar-refractivity contribution in [1.29, 1.82) is 0 Å². The zero-order valence-electron chi connectivity index (χ0n) is 19.3. The van der Waals surface area contributed by atoms with Gasteiger partial charge in [0.15, 0.2) is 0 Å². The van der Waals surface area contributed by atoms with Crippen LogP contribution in [0.4, 0.5) is 5.69 Å². The van der Waals surface area contributed by atoms with E-state index >= 15 is 0 Å². The van der Waals surface area contributed by atoms with Crippen molar-refractivity contribution in [2.75, 3.05) is 12.4 Å². The molecular weight excluding hydrogens is 436 g/mol. The van der Waals surface area contributed by atoms with Crippen molar-refractivity contribution < 1.29 is 17.9 Å². The Morgan fingerprint density at radius 3 is 2.24 bits per heavy atom. The fourth-order valence-electron chi connectivity index (χ4n) is 3.46. The molecule has 0 heterocycles. The molecular formula is C26H30N2O4S. The van der Waals surface area contributed by atoms with Gasteiger partial charge in [0.05, 0.1) is 7.11 Å². The first kappa shape index (κ1) is 24.5. The molecule has 1 atom stereocenters. The van der Waals surface area contributed by atoms with E-state index in [0.717, 1.165) is 16.7 Å². The third kappa shape index (κ3) is 6.43. The Morgan fingerprint density at radius 1 is 0.970 bits per heavy atom. The summed E-state index contributed by atoms with van der Waals surface area (Å²) >= 11 is 0. The van der Waals surface area contributed by atoms with E-state index in [0.29, 0.717) is 11.6 Å². The van der Waals surface area contributed by atoms with Gasteiger partial charge in [-0.3, -0.25) is 4.79 Å². The summed E-state index contributed by atoms with van der Waals surface area (Å²) in [7, 11) is -2.62. The molecule has 0 bridgehead atoms. The number of methoxy groups -OCH3 is 1. The van der Waals surface area contributed by atoms with Gasteiger partial charge in [-0.05, 0) is 60.2 Å². The van der Waals surface area contributed by atoms with E-state index in [2.05, 4.69) is 23.9 Å². The molecule has 33 heavy (non-hydrogen) atoms. The summed E-state index contributed by atoms with van der Waals surface area (Å²) in [5, 5.41) is 2.85. The maximum absolute atomic E-state index is 13.3. The number of amides is 1. The Bertz CT molecular complexity index is 1190. The third-order valence-corrected chi connectivity index (χ3v) is 6.84. The van der Waals surface area contributed by atoms with Crippen LogP contribution in [0.3, 0.4) is 0 Å². The van der Waals surface area contributed by atoms with Crippen molar-refractivity contribution in [3.05, 3.63) is 89.5 Å². The second-order valence-corrected chi connectivity index (χ2v) is 9.97. The van der Waals surface area contributed by atoms with E-state index in [1.54, 1.807) is 19.1 Å². The van der Waals surface area contributed by atoms with Crippen molar-refractivity contribution >= 4 is 21.6 Å². The lowest BCUT2D eigenvalue weighted by Crippen LogP contribution is -2.45. The summed E-state index contributed by atoms with van der Waals surface area (Å²) in [6.45, 7) is 5.99. The number of aryl methyl sites for hydroxylation is 1. The van der Waals surface area contributed by atoms with Gasteiger partial charge in [-0.25, -0.2) is 8.42 Å². The molecule has 0 saturated carbocycles. The van der Waals surface area contributed by atoms with Crippen molar-refractivity contribution in [2.24, 2.45) is 0 Å². The van der Waals surface area contributed by atoms with Crippen molar-refractivity contribution in [3.8, 4) is 5.75 Å². The van der Waals surface area contributed by atoms with Crippen molar-refractivity contribution in [2.45, 2.75) is 44.0 Å². The van der Waals surface area contributed by atoms with Crippen LogP contribution in [0.1, 0.15) is 36.5 Å². The van der Waals surface area contributed by atoms with E-state index in [-0.39, 0.29) is 17.1 Å². The minimum Gasteiger partial charge on any atom is -0.495 e. The second-order valence-electron chi connectivity index (χ2n) is 8.28. The summed E-state index contributed by atoms with van der Waals surface area (Å²) in [4.78, 5) is 13.2. The normalized spacial score (nSPS) is 12.4. The number of anilines is 1. The van der Waals surface area contributed by atoms with Gasteiger partial charge in [0, 0.05) is 5.69 Å². The Balaban J connectivity index is 1.89. The van der Waals surface area contributed by atoms with Crippen LogP contribution in [0.25, 0.3) is 0 Å². The third-order valence-electron chi connectivity index (χ3n) is 5.35. The maximum atomic E-state index is 13.3. The summed E-state index contributed by atoms with van der Waals surface area (Å²) in [6, 6.07) is 20.7. The van der Waals surface area contributed by atoms with Gasteiger partial charge in [0.1, 0.15) is 16.7 Å². The Kier molecular flexibility index (Phi) is 7.89. The molecule has 0 aliphatic heterocycles. The number of benzene rings is 3. The highest BCUT2D eigenvalue weighted by atomic mass is 32.2. The molecule has 0 saturated heterocycles. The predicted molar refractivity (Wildman–Crippen MR) is 131 cm³/mol. The van der Waals surface area contributed by atoms with Crippen LogP contribution in [0.5, 0.6) is 5.75 Å². The van der Waals surface area contributed by atoms with Crippen molar-refractivity contribution in [1.82, 2.24) is 4.72 Å². The summed E-state index contributed by atoms with van der Waals surface area (Å²) in [5.74, 6) is 0.152. The van der Waals surface area contributed by atoms with E-state index in [1.807, 2.05) is 54.6 Å². The molecule has 3 aromatic rings. The number of ether oxygens (including phenoxy) is 1. The Morgan fingerprint density at radius 2 is 1.64 bits per heavy atom. The number of nitrogens with one attached hydrogen (secondary N) is 2. The van der Waals surface area contributed by atoms with Gasteiger partial charge in [0.25, 0.3) is 0 Å². The van der Waals surface area contributed by atoms with Crippen LogP contribution in [0, 0.1) is 6.92 Å². The number of sulfonamides is 1. The standard InChI is InChI=1S/C26H30N2O4S/c1-18(2)21-11-13-22(14-12-21)27-26(29)23(17-20-8-6-5-7-9-20)28-33(30,31)25-16-19(3)10-15-24(25)32-4/h5-16,18,23,28H,17H2,1-4H3,(H,27,29)/t23-/m1/s1. The fraction of sp³-hybridized carbons (Fsp3) is 0.269. The van der Waals surface area contributed by atoms with Gasteiger partial charge in [-0.15, -0.1) is 0 Å². The Hall–Kier alpha value is -3.16. The van der Waals surface area contributed by atoms with Crippen LogP contribution in [-0.2, 0) is 21.2 Å². The van der Waals surface area contributed by atoms with E-state index in [4.69, 9.17) is 4.74 Å². The zero-order chi connectivity index (χ0) is 24.0. The topological polar surface area (TPSA) is 84.5 Å². The largest absolute Gasteiger partial charge is 0.495 e. The van der Waals surface area contributed by atoms with Crippen LogP contribution in [-0.4, -0.2) is 27.5 Å². The quantitative estimate of drug-likeness (QED) is 0.481. The van der Waals surface area contributed by atoms with Gasteiger partial charge in [0.2, 0.25) is 15.9 Å². The highest BCUT2D eigenvalue weighted by Gasteiger charge is 2.28. The van der Waals surface area contributed by atoms with Crippen LogP contribution in [0.2, 0.25) is 0 Å². The van der Waals surface area contributed by atoms with Gasteiger partial charge in [-0.1, -0.05) is 62.4 Å². The first-order valence-corrected chi connectivity index (χ1v) is 12.3. The molecule has 0 radical (unpaired) electrons. The SMILES string of the molecule is COc1ccc(C)cc1S(=O)(=O)N[C@H](Cc1ccccc1)C(=O)Nc1ccc(C(C)C)cc1. The first-order valence-electron chi connectivity index (χ1n) is 10.8. The second kappa shape index (κ2) is 10.6. The number of hydrogen-bond acceptors (Lipinski definition) is 4. The van der Waals surface area contributed by atoms with E-state index < -0.39 is 22.0 Å². The van der Waals surface area contributed by atoms with Crippen LogP contribution < -0.4 is 14.8 Å². The average Bonchev–Trinajstić information content (AvgIpc) is 2.79. The minimum absolute atomic E-state index is 0.00264. The van der Waals surface area contributed by atoms with Gasteiger partial charge in [-0.2, -0.15) is 4.72 Å². The first-order chi connectivity index (χ1) is 15.7. The van der Waals surface area contributed by atoms with Crippen molar-refractivity contribution in [3.63, 3.8) is 0 Å². The summed E-state index contributed by atoms with van der Waals surface area (Å²) in [5.41, 5.74) is 3.37. The molecule has 0 unspecified atom stereocenters. The number of carbonyl (C=O) groups excluding carboxylic acids is 1. The average molecular weight is 467 g/mol. The number of rotatable bonds is 9. The molecule has 0 spiro atoms. The smallest absolute Gasteiger partial charge is 0.245 e. The lowest BCUT2D eigenvalue weighted by Gasteiger charge is -2.20. The summed E-state index contributed by atoms with van der Waals surface area (Å²) < 4.78 is 34.4. The van der Waals surface area contributed by atoms with Crippen LogP contribution >= 0.6 is 0 Å². The molecule has 0 aliphatic carbocycles. The Labute approximate surface area is 196 Å². The van der Waals surface area contributed by atoms with E-state index in [1.165, 1.54) is 13.2 Å². The molecule has 6 nitrogen and oxygen atoms in total. The molecule has 2 N–H and O–H groups in total. The zero-order valence-corrected chi connectivity index (χ0v) is 20.1. The maximum Gasteiger partial charge on any atom is 0.245 e. The van der Waals surface area contributed by atoms with Gasteiger partial charge < -0.3 is 10.1 Å². The molecule has 0 aromatic heterocycles. The lowest BCUT2D eigenvalue weighted by molar-refractivity contribution is -0.117. The lowest BCUT2D eigenvalue weighted by atomic mass is 10.0. The molecule has 3 aromatic carbocycles. The molecule has 0 aliphatic rings. The van der Waals surface area contributed by atoms with Crippen LogP contribution in [0.15, 0.2) is 77.7 Å². The highest BCUT2D eigenvalue weighted by Crippen LogP contribution is 2.25. The monoisotopic (exact) mass is 466 g/mol. The van der Waals surface area contributed by atoms with E-state index in [9.17, 15) is 13.2 Å². The fourth-order valence-corrected chi connectivity index (χ4v) is 4.91. The minimum atomic E-state index is -4.04. The molecule has 1 amide bonds. The molecule has 3 rings (SSSR count). The highest BCUT2D eigenvalue weighted by molar-refractivity contribution is 7.89. The number of carbonyl (C=O) groups is 1. The van der Waals surface area contributed by atoms with Gasteiger partial charge >= 0.3 is 0 Å².